The second-order valence-corrected chi connectivity index (χ2v) is 6.98. The lowest BCUT2D eigenvalue weighted by Gasteiger charge is -2.38. The Balaban J connectivity index is 1.67. The Morgan fingerprint density at radius 1 is 1.17 bits per heavy atom. The lowest BCUT2D eigenvalue weighted by molar-refractivity contribution is 0.190. The zero-order valence-electron chi connectivity index (χ0n) is 15.3. The first-order valence-corrected chi connectivity index (χ1v) is 8.88. The number of aromatic nitrogens is 4. The van der Waals surface area contributed by atoms with E-state index in [1.807, 2.05) is 4.52 Å². The van der Waals surface area contributed by atoms with Gasteiger partial charge in [-0.25, -0.2) is 0 Å². The fraction of sp³-hybridized carbons (Fsp3) is 0.706. The van der Waals surface area contributed by atoms with Crippen LogP contribution in [-0.4, -0.2) is 83.0 Å². The largest absolute Gasteiger partial charge is 0.368 e. The SMILES string of the molecule is CCc1cc(N2CCC(N(C)CCN(C)C)CC2)c2nncn2n1. The van der Waals surface area contributed by atoms with Crippen molar-refractivity contribution in [3.05, 3.63) is 18.1 Å². The highest BCUT2D eigenvalue weighted by Crippen LogP contribution is 2.25. The van der Waals surface area contributed by atoms with Crippen LogP contribution in [0.25, 0.3) is 5.65 Å². The zero-order chi connectivity index (χ0) is 17.1. The maximum absolute atomic E-state index is 4.55. The van der Waals surface area contributed by atoms with Crippen molar-refractivity contribution in [2.24, 2.45) is 0 Å². The molecule has 0 aromatic carbocycles. The fourth-order valence-electron chi connectivity index (χ4n) is 3.35. The Bertz CT molecular complexity index is 658. The molecule has 132 valence electrons. The molecule has 7 heteroatoms. The second kappa shape index (κ2) is 7.44. The van der Waals surface area contributed by atoms with Crippen molar-refractivity contribution < 1.29 is 0 Å². The van der Waals surface area contributed by atoms with Crippen LogP contribution in [0.1, 0.15) is 25.5 Å². The van der Waals surface area contributed by atoms with Crippen molar-refractivity contribution in [2.75, 3.05) is 52.2 Å². The average molecular weight is 331 g/mol. The van der Waals surface area contributed by atoms with E-state index in [0.717, 1.165) is 43.9 Å². The molecule has 24 heavy (non-hydrogen) atoms. The van der Waals surface area contributed by atoms with Gasteiger partial charge in [-0.1, -0.05) is 6.92 Å². The summed E-state index contributed by atoms with van der Waals surface area (Å²) in [7, 11) is 6.52. The van der Waals surface area contributed by atoms with Gasteiger partial charge in [0, 0.05) is 32.2 Å². The molecule has 1 aliphatic rings. The molecular formula is C17H29N7. The van der Waals surface area contributed by atoms with Gasteiger partial charge in [0.1, 0.15) is 6.33 Å². The monoisotopic (exact) mass is 331 g/mol. The second-order valence-electron chi connectivity index (χ2n) is 6.98. The molecule has 3 heterocycles. The summed E-state index contributed by atoms with van der Waals surface area (Å²) >= 11 is 0. The first-order chi connectivity index (χ1) is 11.6. The standard InChI is InChI=1S/C17H29N7/c1-5-14-12-16(17-19-18-13-24(17)20-14)23-8-6-15(7-9-23)22(4)11-10-21(2)3/h12-13,15H,5-11H2,1-4H3. The highest BCUT2D eigenvalue weighted by molar-refractivity contribution is 5.68. The van der Waals surface area contributed by atoms with E-state index in [4.69, 9.17) is 0 Å². The first kappa shape index (κ1) is 17.1. The van der Waals surface area contributed by atoms with Crippen molar-refractivity contribution >= 4 is 11.3 Å². The normalized spacial score (nSPS) is 16.7. The van der Waals surface area contributed by atoms with E-state index in [1.165, 1.54) is 18.5 Å². The third-order valence-electron chi connectivity index (χ3n) is 4.99. The number of hydrogen-bond donors (Lipinski definition) is 0. The van der Waals surface area contributed by atoms with Gasteiger partial charge >= 0.3 is 0 Å². The third kappa shape index (κ3) is 3.67. The number of hydrogen-bond acceptors (Lipinski definition) is 6. The highest BCUT2D eigenvalue weighted by Gasteiger charge is 2.24. The van der Waals surface area contributed by atoms with Crippen LogP contribution < -0.4 is 4.90 Å². The summed E-state index contributed by atoms with van der Waals surface area (Å²) in [6.07, 6.45) is 4.99. The van der Waals surface area contributed by atoms with E-state index < -0.39 is 0 Å². The Hall–Kier alpha value is -1.73. The Labute approximate surface area is 144 Å². The van der Waals surface area contributed by atoms with Gasteiger partial charge in [-0.3, -0.25) is 0 Å². The van der Waals surface area contributed by atoms with Crippen LogP contribution in [0.4, 0.5) is 5.69 Å². The minimum absolute atomic E-state index is 0.669. The highest BCUT2D eigenvalue weighted by atomic mass is 15.4. The van der Waals surface area contributed by atoms with Gasteiger partial charge in [-0.2, -0.15) is 9.61 Å². The molecule has 7 nitrogen and oxygen atoms in total. The van der Waals surface area contributed by atoms with Crippen LogP contribution in [0.5, 0.6) is 0 Å². The number of anilines is 1. The molecule has 1 saturated heterocycles. The molecule has 0 radical (unpaired) electrons. The van der Waals surface area contributed by atoms with Gasteiger partial charge in [0.2, 0.25) is 5.65 Å². The van der Waals surface area contributed by atoms with E-state index in [-0.39, 0.29) is 0 Å². The lowest BCUT2D eigenvalue weighted by atomic mass is 10.0. The Morgan fingerprint density at radius 3 is 2.58 bits per heavy atom. The molecular weight excluding hydrogens is 302 g/mol. The van der Waals surface area contributed by atoms with Gasteiger partial charge in [0.05, 0.1) is 11.4 Å². The maximum Gasteiger partial charge on any atom is 0.200 e. The van der Waals surface area contributed by atoms with Gasteiger partial charge in [-0.15, -0.1) is 10.2 Å². The molecule has 2 aromatic rings. The molecule has 0 bridgehead atoms. The molecule has 0 atom stereocenters. The van der Waals surface area contributed by atoms with E-state index in [2.05, 4.69) is 64.1 Å². The van der Waals surface area contributed by atoms with Crippen LogP contribution in [0.15, 0.2) is 12.4 Å². The number of fused-ring (bicyclic) bond motifs is 1. The molecule has 0 amide bonds. The topological polar surface area (TPSA) is 52.8 Å². The number of nitrogens with zero attached hydrogens (tertiary/aromatic N) is 7. The van der Waals surface area contributed by atoms with E-state index in [0.29, 0.717) is 6.04 Å². The molecule has 0 aliphatic carbocycles. The van der Waals surface area contributed by atoms with Crippen LogP contribution in [-0.2, 0) is 6.42 Å². The van der Waals surface area contributed by atoms with Crippen molar-refractivity contribution in [3.8, 4) is 0 Å². The minimum Gasteiger partial charge on any atom is -0.368 e. The number of likely N-dealkylation sites (N-methyl/N-ethyl adjacent to an activating group) is 2. The smallest absolute Gasteiger partial charge is 0.200 e. The molecule has 1 aliphatic heterocycles. The van der Waals surface area contributed by atoms with Crippen molar-refractivity contribution in [2.45, 2.75) is 32.2 Å². The Morgan fingerprint density at radius 2 is 1.92 bits per heavy atom. The molecule has 0 unspecified atom stereocenters. The fourth-order valence-corrected chi connectivity index (χ4v) is 3.35. The van der Waals surface area contributed by atoms with Gasteiger partial charge < -0.3 is 14.7 Å². The molecule has 3 rings (SSSR count). The minimum atomic E-state index is 0.669. The Kier molecular flexibility index (Phi) is 5.30. The number of aryl methyl sites for hydroxylation is 1. The van der Waals surface area contributed by atoms with E-state index in [1.54, 1.807) is 6.33 Å². The summed E-state index contributed by atoms with van der Waals surface area (Å²) < 4.78 is 1.81. The van der Waals surface area contributed by atoms with Crippen LogP contribution in [0, 0.1) is 0 Å². The maximum atomic E-state index is 4.55. The molecule has 2 aromatic heterocycles. The van der Waals surface area contributed by atoms with Gasteiger partial charge in [-0.05, 0) is 46.5 Å². The summed E-state index contributed by atoms with van der Waals surface area (Å²) in [5, 5.41) is 12.8. The summed E-state index contributed by atoms with van der Waals surface area (Å²) in [4.78, 5) is 7.20. The molecule has 0 spiro atoms. The summed E-state index contributed by atoms with van der Waals surface area (Å²) in [5.41, 5.74) is 3.13. The molecule has 0 N–H and O–H groups in total. The van der Waals surface area contributed by atoms with Gasteiger partial charge in [0.25, 0.3) is 0 Å². The van der Waals surface area contributed by atoms with Crippen molar-refractivity contribution in [1.29, 1.82) is 0 Å². The van der Waals surface area contributed by atoms with Crippen molar-refractivity contribution in [1.82, 2.24) is 29.6 Å². The number of rotatable bonds is 6. The molecule has 0 saturated carbocycles. The quantitative estimate of drug-likeness (QED) is 0.791. The predicted octanol–water partition coefficient (Wildman–Crippen LogP) is 1.15. The zero-order valence-corrected chi connectivity index (χ0v) is 15.3. The number of piperidine rings is 1. The predicted molar refractivity (Wildman–Crippen MR) is 96.6 cm³/mol. The van der Waals surface area contributed by atoms with Crippen LogP contribution in [0.2, 0.25) is 0 Å². The first-order valence-electron chi connectivity index (χ1n) is 8.88. The lowest BCUT2D eigenvalue weighted by Crippen LogP contribution is -2.45. The van der Waals surface area contributed by atoms with Gasteiger partial charge in [0.15, 0.2) is 0 Å². The molecule has 1 fully saturated rings. The summed E-state index contributed by atoms with van der Waals surface area (Å²) in [6, 6.07) is 2.85. The van der Waals surface area contributed by atoms with E-state index in [9.17, 15) is 0 Å². The van der Waals surface area contributed by atoms with Crippen molar-refractivity contribution in [3.63, 3.8) is 0 Å². The van der Waals surface area contributed by atoms with Crippen LogP contribution >= 0.6 is 0 Å². The summed E-state index contributed by atoms with van der Waals surface area (Å²) in [5.74, 6) is 0. The van der Waals surface area contributed by atoms with Crippen LogP contribution in [0.3, 0.4) is 0 Å². The third-order valence-corrected chi connectivity index (χ3v) is 4.99. The van der Waals surface area contributed by atoms with E-state index >= 15 is 0 Å². The summed E-state index contributed by atoms with van der Waals surface area (Å²) in [6.45, 7) is 6.50. The average Bonchev–Trinajstić information content (AvgIpc) is 3.07.